The number of hydrogen-bond donors (Lipinski definition) is 1. The first-order valence-electron chi connectivity index (χ1n) is 7.01. The van der Waals surface area contributed by atoms with Crippen LogP contribution in [0.3, 0.4) is 0 Å². The normalized spacial score (nSPS) is 14.2. The molecule has 2 heterocycles. The number of rotatable bonds is 3. The van der Waals surface area contributed by atoms with Gasteiger partial charge in [0.05, 0.1) is 0 Å². The predicted octanol–water partition coefficient (Wildman–Crippen LogP) is 3.59. The Morgan fingerprint density at radius 2 is 1.81 bits per heavy atom. The van der Waals surface area contributed by atoms with Crippen LogP contribution in [0.1, 0.15) is 23.3 Å². The number of nitrogens with one attached hydrogen (secondary N) is 1. The van der Waals surface area contributed by atoms with Crippen LogP contribution in [-0.2, 0) is 0 Å². The highest BCUT2D eigenvalue weighted by atomic mass is 35.5. The van der Waals surface area contributed by atoms with Gasteiger partial charge in [0.15, 0.2) is 0 Å². The average molecular weight is 302 g/mol. The lowest BCUT2D eigenvalue weighted by Gasteiger charge is -2.16. The SMILES string of the molecule is O=C(Nc1ccc(Cl)cc1)c1cccc(N2CCCC2)n1. The van der Waals surface area contributed by atoms with Crippen molar-refractivity contribution in [1.82, 2.24) is 4.98 Å². The van der Waals surface area contributed by atoms with E-state index in [4.69, 9.17) is 11.6 Å². The maximum Gasteiger partial charge on any atom is 0.274 e. The number of carbonyl (C=O) groups is 1. The number of anilines is 2. The Morgan fingerprint density at radius 1 is 1.10 bits per heavy atom. The van der Waals surface area contributed by atoms with E-state index in [0.29, 0.717) is 16.4 Å². The molecule has 2 aromatic rings. The lowest BCUT2D eigenvalue weighted by atomic mass is 10.3. The van der Waals surface area contributed by atoms with Gasteiger partial charge in [0, 0.05) is 23.8 Å². The molecule has 0 atom stereocenters. The number of pyridine rings is 1. The molecule has 1 saturated heterocycles. The van der Waals surface area contributed by atoms with Crippen LogP contribution < -0.4 is 10.2 Å². The van der Waals surface area contributed by atoms with Crippen molar-refractivity contribution < 1.29 is 4.79 Å². The molecule has 0 unspecified atom stereocenters. The van der Waals surface area contributed by atoms with E-state index in [0.717, 1.165) is 18.9 Å². The van der Waals surface area contributed by atoms with Crippen molar-refractivity contribution in [2.75, 3.05) is 23.3 Å². The fraction of sp³-hybridized carbons (Fsp3) is 0.250. The van der Waals surface area contributed by atoms with E-state index in [9.17, 15) is 4.79 Å². The third-order valence-corrected chi connectivity index (χ3v) is 3.75. The summed E-state index contributed by atoms with van der Waals surface area (Å²) in [7, 11) is 0. The van der Waals surface area contributed by atoms with Gasteiger partial charge >= 0.3 is 0 Å². The molecule has 1 aliphatic heterocycles. The van der Waals surface area contributed by atoms with E-state index in [1.54, 1.807) is 30.3 Å². The Bertz CT molecular complexity index is 636. The first-order valence-corrected chi connectivity index (χ1v) is 7.39. The van der Waals surface area contributed by atoms with E-state index in [1.807, 2.05) is 12.1 Å². The number of halogens is 1. The molecule has 1 aliphatic rings. The van der Waals surface area contributed by atoms with Gasteiger partial charge in [0.25, 0.3) is 5.91 Å². The number of hydrogen-bond acceptors (Lipinski definition) is 3. The summed E-state index contributed by atoms with van der Waals surface area (Å²) in [5.74, 6) is 0.662. The van der Waals surface area contributed by atoms with Gasteiger partial charge in [-0.15, -0.1) is 0 Å². The molecule has 108 valence electrons. The third kappa shape index (κ3) is 3.34. The molecular formula is C16H16ClN3O. The summed E-state index contributed by atoms with van der Waals surface area (Å²) in [4.78, 5) is 18.9. The maximum absolute atomic E-state index is 12.2. The van der Waals surface area contributed by atoms with Crippen LogP contribution in [-0.4, -0.2) is 24.0 Å². The number of nitrogens with zero attached hydrogens (tertiary/aromatic N) is 2. The zero-order chi connectivity index (χ0) is 14.7. The van der Waals surface area contributed by atoms with Crippen molar-refractivity contribution in [2.24, 2.45) is 0 Å². The summed E-state index contributed by atoms with van der Waals surface area (Å²) in [6.45, 7) is 2.02. The van der Waals surface area contributed by atoms with Crippen molar-refractivity contribution in [1.29, 1.82) is 0 Å². The number of benzene rings is 1. The maximum atomic E-state index is 12.2. The minimum Gasteiger partial charge on any atom is -0.357 e. The van der Waals surface area contributed by atoms with Crippen molar-refractivity contribution in [3.8, 4) is 0 Å². The summed E-state index contributed by atoms with van der Waals surface area (Å²) < 4.78 is 0. The second-order valence-corrected chi connectivity index (χ2v) is 5.47. The van der Waals surface area contributed by atoms with Gasteiger partial charge in [0.1, 0.15) is 11.5 Å². The molecule has 0 bridgehead atoms. The summed E-state index contributed by atoms with van der Waals surface area (Å²) in [6.07, 6.45) is 2.37. The summed E-state index contributed by atoms with van der Waals surface area (Å²) in [5, 5.41) is 3.47. The number of amides is 1. The molecule has 1 fully saturated rings. The Labute approximate surface area is 128 Å². The fourth-order valence-corrected chi connectivity index (χ4v) is 2.53. The van der Waals surface area contributed by atoms with Crippen LogP contribution in [0.15, 0.2) is 42.5 Å². The zero-order valence-electron chi connectivity index (χ0n) is 11.6. The quantitative estimate of drug-likeness (QED) is 0.942. The molecular weight excluding hydrogens is 286 g/mol. The van der Waals surface area contributed by atoms with Gasteiger partial charge in [-0.25, -0.2) is 4.98 Å². The lowest BCUT2D eigenvalue weighted by molar-refractivity contribution is 0.102. The van der Waals surface area contributed by atoms with E-state index < -0.39 is 0 Å². The van der Waals surface area contributed by atoms with Gasteiger partial charge in [-0.1, -0.05) is 17.7 Å². The summed E-state index contributed by atoms with van der Waals surface area (Å²) in [6, 6.07) is 12.6. The Balaban J connectivity index is 1.74. The van der Waals surface area contributed by atoms with Crippen LogP contribution in [0.25, 0.3) is 0 Å². The monoisotopic (exact) mass is 301 g/mol. The molecule has 5 heteroatoms. The van der Waals surface area contributed by atoms with Crippen LogP contribution in [0.2, 0.25) is 5.02 Å². The standard InChI is InChI=1S/C16H16ClN3O/c17-12-6-8-13(9-7-12)18-16(21)14-4-3-5-15(19-14)20-10-1-2-11-20/h3-9H,1-2,10-11H2,(H,18,21). The van der Waals surface area contributed by atoms with E-state index in [-0.39, 0.29) is 5.91 Å². The molecule has 0 spiro atoms. The highest BCUT2D eigenvalue weighted by molar-refractivity contribution is 6.30. The molecule has 21 heavy (non-hydrogen) atoms. The predicted molar refractivity (Wildman–Crippen MR) is 85.1 cm³/mol. The molecule has 1 N–H and O–H groups in total. The van der Waals surface area contributed by atoms with E-state index >= 15 is 0 Å². The minimum absolute atomic E-state index is 0.210. The average Bonchev–Trinajstić information content (AvgIpc) is 3.04. The zero-order valence-corrected chi connectivity index (χ0v) is 12.3. The number of carbonyl (C=O) groups excluding carboxylic acids is 1. The van der Waals surface area contributed by atoms with Crippen molar-refractivity contribution in [3.63, 3.8) is 0 Å². The first kappa shape index (κ1) is 13.9. The highest BCUT2D eigenvalue weighted by Crippen LogP contribution is 2.19. The Hall–Kier alpha value is -2.07. The molecule has 1 aromatic carbocycles. The Kier molecular flexibility index (Phi) is 4.06. The Morgan fingerprint density at radius 3 is 2.52 bits per heavy atom. The van der Waals surface area contributed by atoms with Crippen LogP contribution >= 0.6 is 11.6 Å². The smallest absolute Gasteiger partial charge is 0.274 e. The van der Waals surface area contributed by atoms with Crippen molar-refractivity contribution >= 4 is 29.0 Å². The van der Waals surface area contributed by atoms with Gasteiger partial charge in [-0.05, 0) is 49.2 Å². The number of aromatic nitrogens is 1. The first-order chi connectivity index (χ1) is 10.2. The third-order valence-electron chi connectivity index (χ3n) is 3.50. The molecule has 1 amide bonds. The van der Waals surface area contributed by atoms with Crippen LogP contribution in [0.4, 0.5) is 11.5 Å². The molecule has 4 nitrogen and oxygen atoms in total. The van der Waals surface area contributed by atoms with Gasteiger partial charge in [-0.3, -0.25) is 4.79 Å². The van der Waals surface area contributed by atoms with Crippen LogP contribution in [0, 0.1) is 0 Å². The molecule has 1 aromatic heterocycles. The second kappa shape index (κ2) is 6.14. The second-order valence-electron chi connectivity index (χ2n) is 5.04. The van der Waals surface area contributed by atoms with Gasteiger partial charge < -0.3 is 10.2 Å². The molecule has 0 radical (unpaired) electrons. The largest absolute Gasteiger partial charge is 0.357 e. The van der Waals surface area contributed by atoms with E-state index in [2.05, 4.69) is 15.2 Å². The molecule has 0 aliphatic carbocycles. The lowest BCUT2D eigenvalue weighted by Crippen LogP contribution is -2.21. The fourth-order valence-electron chi connectivity index (χ4n) is 2.40. The topological polar surface area (TPSA) is 45.2 Å². The minimum atomic E-state index is -0.210. The van der Waals surface area contributed by atoms with Crippen molar-refractivity contribution in [3.05, 3.63) is 53.2 Å². The molecule has 3 rings (SSSR count). The highest BCUT2D eigenvalue weighted by Gasteiger charge is 2.15. The summed E-state index contributed by atoms with van der Waals surface area (Å²) in [5.41, 5.74) is 1.13. The summed E-state index contributed by atoms with van der Waals surface area (Å²) >= 11 is 5.83. The van der Waals surface area contributed by atoms with Crippen LogP contribution in [0.5, 0.6) is 0 Å². The van der Waals surface area contributed by atoms with Crippen molar-refractivity contribution in [2.45, 2.75) is 12.8 Å². The van der Waals surface area contributed by atoms with Gasteiger partial charge in [-0.2, -0.15) is 0 Å². The van der Waals surface area contributed by atoms with E-state index in [1.165, 1.54) is 12.8 Å². The van der Waals surface area contributed by atoms with Gasteiger partial charge in [0.2, 0.25) is 0 Å². The molecule has 0 saturated carbocycles.